The van der Waals surface area contributed by atoms with Crippen molar-refractivity contribution in [3.05, 3.63) is 23.8 Å². The molecular weight excluding hydrogens is 416 g/mol. The van der Waals surface area contributed by atoms with Crippen molar-refractivity contribution in [2.75, 3.05) is 27.4 Å². The lowest BCUT2D eigenvalue weighted by Crippen LogP contribution is -2.42. The topological polar surface area (TPSA) is 104 Å². The zero-order valence-corrected chi connectivity index (χ0v) is 18.3. The lowest BCUT2D eigenvalue weighted by molar-refractivity contribution is -0.141. The fourth-order valence-corrected chi connectivity index (χ4v) is 6.06. The van der Waals surface area contributed by atoms with Crippen LogP contribution in [0.1, 0.15) is 18.9 Å². The number of oxime groups is 1. The summed E-state index contributed by atoms with van der Waals surface area (Å²) in [6.07, 6.45) is 0.887. The summed E-state index contributed by atoms with van der Waals surface area (Å²) in [5.74, 6) is -0.862. The Balaban J connectivity index is 1.31. The maximum absolute atomic E-state index is 13.3. The van der Waals surface area contributed by atoms with Gasteiger partial charge >= 0.3 is 5.97 Å². The Morgan fingerprint density at radius 3 is 2.50 bits per heavy atom. The minimum absolute atomic E-state index is 0.104. The Morgan fingerprint density at radius 2 is 1.81 bits per heavy atom. The highest BCUT2D eigenvalue weighted by Crippen LogP contribution is 2.61. The second-order valence-electron chi connectivity index (χ2n) is 8.68. The van der Waals surface area contributed by atoms with E-state index in [1.807, 2.05) is 18.2 Å². The number of esters is 1. The fraction of sp³-hybridized carbons (Fsp3) is 0.565. The summed E-state index contributed by atoms with van der Waals surface area (Å²) < 4.78 is 15.7. The SMILES string of the molecule is CCOC(=O)C1=NO[C@H]2[C@@H]3C[C@H]([C@@H]12)[C@@H]1C(=O)N(CCc2ccc(OC)c(OC)c2)C(=O)[C@@H]31. The molecule has 170 valence electrons. The number of hydrogen-bond donors (Lipinski definition) is 0. The van der Waals surface area contributed by atoms with E-state index in [9.17, 15) is 14.4 Å². The number of carbonyl (C=O) groups excluding carboxylic acids is 3. The van der Waals surface area contributed by atoms with E-state index in [1.54, 1.807) is 21.1 Å². The molecule has 2 aliphatic carbocycles. The van der Waals surface area contributed by atoms with Gasteiger partial charge in [-0.1, -0.05) is 11.2 Å². The Labute approximate surface area is 185 Å². The van der Waals surface area contributed by atoms with Crippen LogP contribution in [0.3, 0.4) is 0 Å². The lowest BCUT2D eigenvalue weighted by Gasteiger charge is -2.29. The second-order valence-corrected chi connectivity index (χ2v) is 8.68. The standard InChI is InChI=1S/C23H26N2O7/c1-4-31-23(28)19-18-12-10-13(20(18)32-24-19)17-16(12)21(26)25(22(17)27)8-7-11-5-6-14(29-2)15(9-11)30-3/h5-6,9,12-13,16-18,20H,4,7-8,10H2,1-3H3/t12-,13+,16-,17-,18-,20-/m0/s1. The van der Waals surface area contributed by atoms with E-state index < -0.39 is 17.8 Å². The number of amides is 2. The first-order valence-corrected chi connectivity index (χ1v) is 11.0. The molecule has 0 N–H and O–H groups in total. The van der Waals surface area contributed by atoms with E-state index in [2.05, 4.69) is 5.16 Å². The van der Waals surface area contributed by atoms with Crippen molar-refractivity contribution in [2.24, 2.45) is 34.7 Å². The molecule has 2 saturated carbocycles. The number of hydrogen-bond acceptors (Lipinski definition) is 8. The fourth-order valence-electron chi connectivity index (χ4n) is 6.06. The van der Waals surface area contributed by atoms with Gasteiger partial charge < -0.3 is 19.0 Å². The predicted octanol–water partition coefficient (Wildman–Crippen LogP) is 1.43. The highest BCUT2D eigenvalue weighted by atomic mass is 16.6. The largest absolute Gasteiger partial charge is 0.493 e. The van der Waals surface area contributed by atoms with Crippen LogP contribution in [0.25, 0.3) is 0 Å². The van der Waals surface area contributed by atoms with Gasteiger partial charge in [0, 0.05) is 12.5 Å². The molecule has 0 aromatic heterocycles. The van der Waals surface area contributed by atoms with Gasteiger partial charge in [0.1, 0.15) is 6.10 Å². The Morgan fingerprint density at radius 1 is 1.09 bits per heavy atom. The van der Waals surface area contributed by atoms with Gasteiger partial charge in [0.15, 0.2) is 17.2 Å². The number of nitrogens with zero attached hydrogens (tertiary/aromatic N) is 2. The number of imide groups is 1. The summed E-state index contributed by atoms with van der Waals surface area (Å²) in [4.78, 5) is 45.8. The van der Waals surface area contributed by atoms with E-state index >= 15 is 0 Å². The van der Waals surface area contributed by atoms with E-state index in [-0.39, 0.29) is 48.0 Å². The third-order valence-corrected chi connectivity index (χ3v) is 7.34. The number of fused-ring (bicyclic) bond motifs is 8. The second kappa shape index (κ2) is 7.79. The quantitative estimate of drug-likeness (QED) is 0.465. The van der Waals surface area contributed by atoms with Crippen LogP contribution in [-0.2, 0) is 30.4 Å². The molecule has 5 rings (SSSR count). The maximum atomic E-state index is 13.3. The summed E-state index contributed by atoms with van der Waals surface area (Å²) in [6.45, 7) is 2.28. The monoisotopic (exact) mass is 442 g/mol. The molecule has 2 heterocycles. The molecule has 0 unspecified atom stereocenters. The number of ether oxygens (including phenoxy) is 3. The number of likely N-dealkylation sites (tertiary alicyclic amines) is 1. The summed E-state index contributed by atoms with van der Waals surface area (Å²) in [7, 11) is 3.14. The van der Waals surface area contributed by atoms with E-state index in [0.29, 0.717) is 30.9 Å². The smallest absolute Gasteiger partial charge is 0.356 e. The van der Waals surface area contributed by atoms with Gasteiger partial charge in [-0.3, -0.25) is 14.5 Å². The average molecular weight is 442 g/mol. The van der Waals surface area contributed by atoms with E-state index in [0.717, 1.165) is 5.56 Å². The van der Waals surface area contributed by atoms with Crippen molar-refractivity contribution in [1.82, 2.24) is 4.90 Å². The summed E-state index contributed by atoms with van der Waals surface area (Å²) >= 11 is 0. The highest BCUT2D eigenvalue weighted by Gasteiger charge is 2.70. The molecule has 3 fully saturated rings. The van der Waals surface area contributed by atoms with Crippen molar-refractivity contribution in [3.8, 4) is 11.5 Å². The Bertz CT molecular complexity index is 1010. The molecule has 1 aromatic carbocycles. The molecule has 1 saturated heterocycles. The van der Waals surface area contributed by atoms with Gasteiger partial charge in [-0.2, -0.15) is 0 Å². The first-order chi connectivity index (χ1) is 15.5. The van der Waals surface area contributed by atoms with Crippen LogP contribution in [0.15, 0.2) is 23.4 Å². The summed E-state index contributed by atoms with van der Waals surface area (Å²) in [5.41, 5.74) is 1.20. The summed E-state index contributed by atoms with van der Waals surface area (Å²) in [5, 5.41) is 3.97. The van der Waals surface area contributed by atoms with Crippen LogP contribution in [0.4, 0.5) is 0 Å². The molecule has 4 aliphatic rings. The van der Waals surface area contributed by atoms with Crippen LogP contribution in [0, 0.1) is 29.6 Å². The normalized spacial score (nSPS) is 31.8. The van der Waals surface area contributed by atoms with Gasteiger partial charge in [-0.25, -0.2) is 4.79 Å². The molecule has 2 amide bonds. The van der Waals surface area contributed by atoms with Crippen LogP contribution in [0.5, 0.6) is 11.5 Å². The molecule has 9 heteroatoms. The lowest BCUT2D eigenvalue weighted by atomic mass is 9.72. The van der Waals surface area contributed by atoms with Crippen molar-refractivity contribution in [3.63, 3.8) is 0 Å². The minimum Gasteiger partial charge on any atom is -0.493 e. The van der Waals surface area contributed by atoms with Crippen molar-refractivity contribution in [1.29, 1.82) is 0 Å². The van der Waals surface area contributed by atoms with Crippen LogP contribution >= 0.6 is 0 Å². The van der Waals surface area contributed by atoms with Crippen LogP contribution < -0.4 is 9.47 Å². The molecular formula is C23H26N2O7. The Hall–Kier alpha value is -3.10. The summed E-state index contributed by atoms with van der Waals surface area (Å²) in [6, 6.07) is 5.57. The molecule has 6 atom stereocenters. The molecule has 2 bridgehead atoms. The molecule has 0 spiro atoms. The number of rotatable bonds is 7. The third kappa shape index (κ3) is 2.90. The number of methoxy groups -OCH3 is 2. The predicted molar refractivity (Wildman–Crippen MR) is 111 cm³/mol. The first-order valence-electron chi connectivity index (χ1n) is 11.0. The molecule has 0 radical (unpaired) electrons. The average Bonchev–Trinajstić information content (AvgIpc) is 3.53. The van der Waals surface area contributed by atoms with Gasteiger partial charge in [-0.15, -0.1) is 0 Å². The number of carbonyl (C=O) groups is 3. The molecule has 9 nitrogen and oxygen atoms in total. The van der Waals surface area contributed by atoms with E-state index in [4.69, 9.17) is 19.0 Å². The van der Waals surface area contributed by atoms with Gasteiger partial charge in [0.25, 0.3) is 0 Å². The van der Waals surface area contributed by atoms with Gasteiger partial charge in [0.2, 0.25) is 11.8 Å². The van der Waals surface area contributed by atoms with Gasteiger partial charge in [-0.05, 0) is 43.4 Å². The van der Waals surface area contributed by atoms with Crippen molar-refractivity contribution >= 4 is 23.5 Å². The molecule has 2 aliphatic heterocycles. The molecule has 32 heavy (non-hydrogen) atoms. The zero-order valence-electron chi connectivity index (χ0n) is 18.3. The minimum atomic E-state index is -0.494. The van der Waals surface area contributed by atoms with Crippen LogP contribution in [-0.4, -0.2) is 61.9 Å². The third-order valence-electron chi connectivity index (χ3n) is 7.34. The first kappa shape index (κ1) is 20.8. The van der Waals surface area contributed by atoms with Gasteiger partial charge in [0.05, 0.1) is 38.6 Å². The zero-order chi connectivity index (χ0) is 22.6. The van der Waals surface area contributed by atoms with Crippen LogP contribution in [0.2, 0.25) is 0 Å². The van der Waals surface area contributed by atoms with E-state index in [1.165, 1.54) is 4.90 Å². The maximum Gasteiger partial charge on any atom is 0.356 e. The molecule has 1 aromatic rings. The van der Waals surface area contributed by atoms with Crippen molar-refractivity contribution in [2.45, 2.75) is 25.9 Å². The number of benzene rings is 1. The Kier molecular flexibility index (Phi) is 5.06. The van der Waals surface area contributed by atoms with Crippen molar-refractivity contribution < 1.29 is 33.4 Å². The highest BCUT2D eigenvalue weighted by molar-refractivity contribution is 6.38.